The molecular weight excluding hydrogens is 472 g/mol. The molecule has 2 aromatic carbocycles. The van der Waals surface area contributed by atoms with Gasteiger partial charge in [-0.1, -0.05) is 40.2 Å². The molecule has 0 saturated carbocycles. The molecule has 1 aliphatic heterocycles. The first-order valence-corrected chi connectivity index (χ1v) is 10.1. The first-order valence-electron chi connectivity index (χ1n) is 9.32. The molecule has 2 N–H and O–H groups in total. The summed E-state index contributed by atoms with van der Waals surface area (Å²) >= 11 is 3.30. The van der Waals surface area contributed by atoms with Gasteiger partial charge in [-0.3, -0.25) is 19.7 Å². The Morgan fingerprint density at radius 1 is 1.16 bits per heavy atom. The number of carbonyl (C=O) groups is 2. The van der Waals surface area contributed by atoms with E-state index in [-0.39, 0.29) is 43.4 Å². The number of aliphatic hydroxyl groups is 2. The van der Waals surface area contributed by atoms with Gasteiger partial charge in [0.25, 0.3) is 17.4 Å². The number of hydrogen-bond donors (Lipinski definition) is 2. The fourth-order valence-corrected chi connectivity index (χ4v) is 3.62. The number of carbonyl (C=O) groups excluding carboxylic acids is 2. The van der Waals surface area contributed by atoms with Gasteiger partial charge < -0.3 is 19.8 Å². The summed E-state index contributed by atoms with van der Waals surface area (Å²) in [5, 5.41) is 31.0. The Morgan fingerprint density at radius 2 is 1.87 bits per heavy atom. The van der Waals surface area contributed by atoms with Crippen LogP contribution < -0.4 is 0 Å². The molecule has 10 heteroatoms. The van der Waals surface area contributed by atoms with Crippen LogP contribution in [-0.4, -0.2) is 58.1 Å². The molecule has 3 rings (SSSR count). The third-order valence-corrected chi connectivity index (χ3v) is 5.30. The summed E-state index contributed by atoms with van der Waals surface area (Å²) in [6.45, 7) is -0.104. The van der Waals surface area contributed by atoms with E-state index < -0.39 is 22.7 Å². The maximum atomic E-state index is 12.9. The van der Waals surface area contributed by atoms with Crippen LogP contribution in [0.3, 0.4) is 0 Å². The van der Waals surface area contributed by atoms with E-state index in [1.807, 2.05) is 0 Å². The van der Waals surface area contributed by atoms with Gasteiger partial charge in [-0.2, -0.15) is 0 Å². The molecule has 0 aromatic heterocycles. The Bertz CT molecular complexity index is 1040. The normalized spacial score (nSPS) is 17.9. The number of halogens is 1. The Balaban J connectivity index is 2.10. The maximum Gasteiger partial charge on any atom is 0.295 e. The van der Waals surface area contributed by atoms with Gasteiger partial charge >= 0.3 is 0 Å². The predicted molar refractivity (Wildman–Crippen MR) is 114 cm³/mol. The van der Waals surface area contributed by atoms with Crippen LogP contribution >= 0.6 is 15.9 Å². The van der Waals surface area contributed by atoms with Crippen molar-refractivity contribution in [3.05, 3.63) is 79.8 Å². The van der Waals surface area contributed by atoms with E-state index >= 15 is 0 Å². The van der Waals surface area contributed by atoms with Crippen molar-refractivity contribution in [2.24, 2.45) is 0 Å². The lowest BCUT2D eigenvalue weighted by atomic mass is 9.95. The molecule has 1 fully saturated rings. The molecule has 1 saturated heterocycles. The van der Waals surface area contributed by atoms with Crippen molar-refractivity contribution in [1.29, 1.82) is 0 Å². The van der Waals surface area contributed by atoms with E-state index in [0.29, 0.717) is 11.1 Å². The minimum atomic E-state index is -1.03. The van der Waals surface area contributed by atoms with Crippen LogP contribution in [0.1, 0.15) is 17.2 Å². The van der Waals surface area contributed by atoms with Gasteiger partial charge in [0.2, 0.25) is 0 Å². The quantitative estimate of drug-likeness (QED) is 0.145. The Kier molecular flexibility index (Phi) is 7.16. The second kappa shape index (κ2) is 9.82. The molecule has 0 aliphatic carbocycles. The number of benzene rings is 2. The first kappa shape index (κ1) is 22.6. The van der Waals surface area contributed by atoms with Crippen LogP contribution in [-0.2, 0) is 14.3 Å². The third-order valence-electron chi connectivity index (χ3n) is 4.77. The highest BCUT2D eigenvalue weighted by atomic mass is 79.9. The number of amides is 1. The molecule has 31 heavy (non-hydrogen) atoms. The predicted octanol–water partition coefficient (Wildman–Crippen LogP) is 2.79. The van der Waals surface area contributed by atoms with Gasteiger partial charge in [0.05, 0.1) is 36.4 Å². The SMILES string of the molecule is O=C1C(=O)N(CCOCCO)C(c2cccc([N+](=O)[O-])c2)/C1=C(\O)c1ccc(Br)cc1. The molecule has 162 valence electrons. The van der Waals surface area contributed by atoms with E-state index in [1.54, 1.807) is 30.3 Å². The molecule has 1 amide bonds. The fraction of sp³-hybridized carbons (Fsp3) is 0.238. The zero-order valence-corrected chi connectivity index (χ0v) is 17.8. The van der Waals surface area contributed by atoms with Crippen LogP contribution in [0.25, 0.3) is 5.76 Å². The highest BCUT2D eigenvalue weighted by Crippen LogP contribution is 2.40. The third kappa shape index (κ3) is 4.82. The van der Waals surface area contributed by atoms with Gasteiger partial charge in [0.1, 0.15) is 5.76 Å². The molecule has 0 bridgehead atoms. The number of nitro groups is 1. The fourth-order valence-electron chi connectivity index (χ4n) is 3.36. The summed E-state index contributed by atoms with van der Waals surface area (Å²) in [5.41, 5.74) is 0.278. The van der Waals surface area contributed by atoms with Crippen molar-refractivity contribution >= 4 is 39.1 Å². The molecule has 1 aliphatic rings. The van der Waals surface area contributed by atoms with Crippen molar-refractivity contribution in [2.45, 2.75) is 6.04 Å². The van der Waals surface area contributed by atoms with Crippen molar-refractivity contribution in [2.75, 3.05) is 26.4 Å². The number of ketones is 1. The second-order valence-electron chi connectivity index (χ2n) is 6.69. The van der Waals surface area contributed by atoms with Crippen LogP contribution in [0.2, 0.25) is 0 Å². The van der Waals surface area contributed by atoms with Gasteiger partial charge in [-0.25, -0.2) is 0 Å². The molecule has 9 nitrogen and oxygen atoms in total. The molecule has 1 atom stereocenters. The second-order valence-corrected chi connectivity index (χ2v) is 7.60. The smallest absolute Gasteiger partial charge is 0.295 e. The summed E-state index contributed by atoms with van der Waals surface area (Å²) in [4.78, 5) is 37.5. The number of non-ortho nitro benzene ring substituents is 1. The van der Waals surface area contributed by atoms with Gasteiger partial charge in [0.15, 0.2) is 0 Å². The zero-order valence-electron chi connectivity index (χ0n) is 16.2. The van der Waals surface area contributed by atoms with E-state index in [4.69, 9.17) is 9.84 Å². The summed E-state index contributed by atoms with van der Waals surface area (Å²) in [7, 11) is 0. The number of Topliss-reactive ketones (excluding diaryl/α,β-unsaturated/α-hetero) is 1. The Labute approximate surface area is 185 Å². The van der Waals surface area contributed by atoms with Gasteiger partial charge in [-0.05, 0) is 17.7 Å². The number of nitrogens with zero attached hydrogens (tertiary/aromatic N) is 2. The van der Waals surface area contributed by atoms with Crippen molar-refractivity contribution < 1.29 is 29.5 Å². The van der Waals surface area contributed by atoms with Crippen molar-refractivity contribution in [1.82, 2.24) is 4.90 Å². The monoisotopic (exact) mass is 490 g/mol. The van der Waals surface area contributed by atoms with E-state index in [1.165, 1.54) is 23.1 Å². The lowest BCUT2D eigenvalue weighted by molar-refractivity contribution is -0.384. The standard InChI is InChI=1S/C21H19BrN2O7/c22-15-6-4-13(5-7-15)19(26)17-18(14-2-1-3-16(12-14)24(29)30)23(21(28)20(17)27)8-10-31-11-9-25/h1-7,12,18,25-26H,8-11H2/b19-17+. The zero-order chi connectivity index (χ0) is 22.5. The average molecular weight is 491 g/mol. The van der Waals surface area contributed by atoms with Gasteiger partial charge in [-0.15, -0.1) is 0 Å². The number of nitro benzene ring substituents is 1. The molecule has 0 radical (unpaired) electrons. The van der Waals surface area contributed by atoms with Crippen LogP contribution in [0.15, 0.2) is 58.6 Å². The summed E-state index contributed by atoms with van der Waals surface area (Å²) in [6, 6.07) is 11.1. The van der Waals surface area contributed by atoms with Gasteiger partial charge in [0, 0.05) is 28.7 Å². The molecule has 2 aromatic rings. The molecule has 1 heterocycles. The Morgan fingerprint density at radius 3 is 2.52 bits per heavy atom. The summed E-state index contributed by atoms with van der Waals surface area (Å²) < 4.78 is 5.99. The number of hydrogen-bond acceptors (Lipinski definition) is 7. The van der Waals surface area contributed by atoms with Crippen LogP contribution in [0.5, 0.6) is 0 Å². The lowest BCUT2D eigenvalue weighted by Crippen LogP contribution is -2.33. The molecule has 1 unspecified atom stereocenters. The summed E-state index contributed by atoms with van der Waals surface area (Å²) in [6.07, 6.45) is 0. The number of ether oxygens (including phenoxy) is 1. The maximum absolute atomic E-state index is 12.9. The van der Waals surface area contributed by atoms with E-state index in [2.05, 4.69) is 15.9 Å². The minimum Gasteiger partial charge on any atom is -0.507 e. The average Bonchev–Trinajstić information content (AvgIpc) is 3.01. The lowest BCUT2D eigenvalue weighted by Gasteiger charge is -2.25. The van der Waals surface area contributed by atoms with Crippen LogP contribution in [0.4, 0.5) is 5.69 Å². The first-order chi connectivity index (χ1) is 14.8. The highest BCUT2D eigenvalue weighted by molar-refractivity contribution is 9.10. The summed E-state index contributed by atoms with van der Waals surface area (Å²) in [5.74, 6) is -2.11. The molecular formula is C21H19BrN2O7. The van der Waals surface area contributed by atoms with Crippen molar-refractivity contribution in [3.8, 4) is 0 Å². The minimum absolute atomic E-state index is 0.00491. The van der Waals surface area contributed by atoms with Crippen molar-refractivity contribution in [3.63, 3.8) is 0 Å². The van der Waals surface area contributed by atoms with Crippen LogP contribution in [0, 0.1) is 10.1 Å². The number of likely N-dealkylation sites (tertiary alicyclic amines) is 1. The number of rotatable bonds is 8. The topological polar surface area (TPSA) is 130 Å². The van der Waals surface area contributed by atoms with E-state index in [0.717, 1.165) is 4.47 Å². The molecule has 0 spiro atoms. The largest absolute Gasteiger partial charge is 0.507 e. The highest BCUT2D eigenvalue weighted by Gasteiger charge is 2.46. The number of aliphatic hydroxyl groups excluding tert-OH is 2. The van der Waals surface area contributed by atoms with E-state index in [9.17, 15) is 24.8 Å². The Hall–Kier alpha value is -3.08.